The minimum atomic E-state index is -4.23. The number of thiazole rings is 1. The molecule has 0 unspecified atom stereocenters. The van der Waals surface area contributed by atoms with Crippen LogP contribution in [0.5, 0.6) is 0 Å². The Kier molecular flexibility index (Phi) is 9.36. The van der Waals surface area contributed by atoms with Gasteiger partial charge in [-0.3, -0.25) is 13.6 Å². The van der Waals surface area contributed by atoms with Gasteiger partial charge in [-0.1, -0.05) is 18.2 Å². The zero-order valence-electron chi connectivity index (χ0n) is 26.5. The molecule has 5 rings (SSSR count). The molecule has 14 heteroatoms. The topological polar surface area (TPSA) is 121 Å². The molecule has 0 amide bonds. The quantitative estimate of drug-likeness (QED) is 0.109. The SMILES string of the molecule is CC(C)(C)OP(=O)(OCO[C@@](Cn1cncn1)(c1ccc(F)cc1F)C1(c2nc(-c3ccc(C#N)cc3)cs2)CC1)OC(C)(C)C. The lowest BCUT2D eigenvalue weighted by molar-refractivity contribution is -0.156. The van der Waals surface area contributed by atoms with Crippen LogP contribution in [0, 0.1) is 23.0 Å². The van der Waals surface area contributed by atoms with E-state index in [1.165, 1.54) is 34.7 Å². The molecule has 0 bridgehead atoms. The Labute approximate surface area is 270 Å². The molecule has 4 aromatic rings. The lowest BCUT2D eigenvalue weighted by atomic mass is 9.77. The van der Waals surface area contributed by atoms with Crippen molar-refractivity contribution in [3.8, 4) is 17.3 Å². The number of hydrogen-bond donors (Lipinski definition) is 0. The van der Waals surface area contributed by atoms with E-state index in [1.54, 1.807) is 53.7 Å². The first-order valence-electron chi connectivity index (χ1n) is 14.6. The second kappa shape index (κ2) is 12.7. The van der Waals surface area contributed by atoms with E-state index in [0.717, 1.165) is 17.7 Å². The molecule has 0 spiro atoms. The van der Waals surface area contributed by atoms with E-state index in [9.17, 15) is 14.2 Å². The molecule has 46 heavy (non-hydrogen) atoms. The van der Waals surface area contributed by atoms with Gasteiger partial charge in [0.15, 0.2) is 6.79 Å². The number of hydrogen-bond acceptors (Lipinski definition) is 10. The normalized spacial score (nSPS) is 16.2. The van der Waals surface area contributed by atoms with E-state index in [2.05, 4.69) is 16.2 Å². The van der Waals surface area contributed by atoms with Crippen molar-refractivity contribution in [2.75, 3.05) is 6.79 Å². The number of nitrogens with zero attached hydrogens (tertiary/aromatic N) is 5. The lowest BCUT2D eigenvalue weighted by Crippen LogP contribution is -2.47. The van der Waals surface area contributed by atoms with Gasteiger partial charge in [-0.2, -0.15) is 10.4 Å². The van der Waals surface area contributed by atoms with Crippen LogP contribution >= 0.6 is 19.2 Å². The monoisotopic (exact) mass is 671 g/mol. The van der Waals surface area contributed by atoms with Crippen molar-refractivity contribution >= 4 is 19.2 Å². The molecule has 244 valence electrons. The Morgan fingerprint density at radius 2 is 1.72 bits per heavy atom. The number of rotatable bonds is 12. The molecule has 1 aliphatic rings. The average molecular weight is 672 g/mol. The van der Waals surface area contributed by atoms with Crippen LogP contribution in [0.1, 0.15) is 70.5 Å². The summed E-state index contributed by atoms with van der Waals surface area (Å²) < 4.78 is 69.6. The molecule has 1 aliphatic carbocycles. The van der Waals surface area contributed by atoms with E-state index in [4.69, 9.17) is 23.3 Å². The van der Waals surface area contributed by atoms with Gasteiger partial charge in [0, 0.05) is 22.6 Å². The van der Waals surface area contributed by atoms with Gasteiger partial charge in [-0.05, 0) is 72.6 Å². The molecule has 2 aromatic carbocycles. The Balaban J connectivity index is 1.60. The molecular formula is C32H36F2N5O5PS. The highest BCUT2D eigenvalue weighted by Gasteiger charge is 2.65. The molecule has 0 aliphatic heterocycles. The minimum Gasteiger partial charge on any atom is -0.341 e. The Morgan fingerprint density at radius 1 is 1.04 bits per heavy atom. The number of ether oxygens (including phenoxy) is 1. The molecule has 1 saturated carbocycles. The summed E-state index contributed by atoms with van der Waals surface area (Å²) in [5.74, 6) is -1.59. The van der Waals surface area contributed by atoms with Gasteiger partial charge in [-0.25, -0.2) is 28.0 Å². The molecule has 1 fully saturated rings. The van der Waals surface area contributed by atoms with E-state index in [0.29, 0.717) is 29.1 Å². The van der Waals surface area contributed by atoms with Crippen LogP contribution < -0.4 is 0 Å². The number of phosphoric acid groups is 1. The summed E-state index contributed by atoms with van der Waals surface area (Å²) in [4.78, 5) is 9.02. The molecule has 2 aromatic heterocycles. The molecule has 0 saturated heterocycles. The Bertz CT molecular complexity index is 1740. The van der Waals surface area contributed by atoms with Crippen molar-refractivity contribution in [1.29, 1.82) is 5.26 Å². The summed E-state index contributed by atoms with van der Waals surface area (Å²) in [5, 5.41) is 16.0. The fourth-order valence-corrected chi connectivity index (χ4v) is 8.13. The first kappa shape index (κ1) is 34.0. The smallest absolute Gasteiger partial charge is 0.341 e. The van der Waals surface area contributed by atoms with Gasteiger partial charge in [0.2, 0.25) is 0 Å². The van der Waals surface area contributed by atoms with E-state index in [1.807, 2.05) is 17.5 Å². The fourth-order valence-electron chi connectivity index (χ4n) is 5.31. The highest BCUT2D eigenvalue weighted by molar-refractivity contribution is 7.48. The van der Waals surface area contributed by atoms with E-state index >= 15 is 4.39 Å². The van der Waals surface area contributed by atoms with Gasteiger partial charge in [0.25, 0.3) is 0 Å². The summed E-state index contributed by atoms with van der Waals surface area (Å²) in [6.45, 7) is 9.59. The standard InChI is InChI=1S/C32H36F2N5O5PS/c1-29(2,3)43-45(40,44-30(4,5)6)42-21-41-32(18-39-20-36-19-37-39,25-12-11-24(33)15-26(25)34)31(13-14-31)28-38-27(17-46-28)23-9-7-22(16-35)8-10-23/h7-12,15,17,19-20H,13-14,18,21H2,1-6H3/t32-/m0/s1. The molecular weight excluding hydrogens is 635 g/mol. The molecule has 1 atom stereocenters. The third kappa shape index (κ3) is 7.44. The van der Waals surface area contributed by atoms with Crippen LogP contribution in [-0.2, 0) is 40.4 Å². The second-order valence-electron chi connectivity index (χ2n) is 13.1. The summed E-state index contributed by atoms with van der Waals surface area (Å²) >= 11 is 1.38. The number of benzene rings is 2. The average Bonchev–Trinajstić information content (AvgIpc) is 3.33. The maximum absolute atomic E-state index is 15.9. The highest BCUT2D eigenvalue weighted by Crippen LogP contribution is 2.64. The first-order valence-corrected chi connectivity index (χ1v) is 17.0. The van der Waals surface area contributed by atoms with Crippen molar-refractivity contribution in [2.45, 2.75) is 83.1 Å². The van der Waals surface area contributed by atoms with Gasteiger partial charge in [-0.15, -0.1) is 11.3 Å². The number of phosphoric ester groups is 1. The summed E-state index contributed by atoms with van der Waals surface area (Å²) in [7, 11) is -4.23. The van der Waals surface area contributed by atoms with Gasteiger partial charge in [0.05, 0.1) is 40.5 Å². The third-order valence-electron chi connectivity index (χ3n) is 7.25. The lowest BCUT2D eigenvalue weighted by Gasteiger charge is -2.41. The van der Waals surface area contributed by atoms with Crippen LogP contribution in [0.15, 0.2) is 60.5 Å². The van der Waals surface area contributed by atoms with Gasteiger partial charge >= 0.3 is 7.82 Å². The van der Waals surface area contributed by atoms with Crippen molar-refractivity contribution < 1.29 is 31.7 Å². The largest absolute Gasteiger partial charge is 0.477 e. The van der Waals surface area contributed by atoms with Gasteiger partial charge in [0.1, 0.15) is 34.9 Å². The van der Waals surface area contributed by atoms with E-state index in [-0.39, 0.29) is 12.1 Å². The molecule has 10 nitrogen and oxygen atoms in total. The molecule has 0 radical (unpaired) electrons. The van der Waals surface area contributed by atoms with Crippen LogP contribution in [0.25, 0.3) is 11.3 Å². The number of halogens is 2. The predicted octanol–water partition coefficient (Wildman–Crippen LogP) is 7.91. The van der Waals surface area contributed by atoms with Crippen molar-refractivity contribution in [3.05, 3.63) is 88.3 Å². The zero-order chi connectivity index (χ0) is 33.4. The first-order chi connectivity index (χ1) is 21.6. The summed E-state index contributed by atoms with van der Waals surface area (Å²) in [5.41, 5.74) is -2.27. The Morgan fingerprint density at radius 3 is 2.26 bits per heavy atom. The van der Waals surface area contributed by atoms with Crippen LogP contribution in [-0.4, -0.2) is 37.7 Å². The van der Waals surface area contributed by atoms with Crippen LogP contribution in [0.3, 0.4) is 0 Å². The second-order valence-corrected chi connectivity index (χ2v) is 15.5. The molecule has 0 N–H and O–H groups in total. The van der Waals surface area contributed by atoms with Crippen molar-refractivity contribution in [3.63, 3.8) is 0 Å². The summed E-state index contributed by atoms with van der Waals surface area (Å²) in [6.07, 6.45) is 3.88. The Hall–Kier alpha value is -3.37. The van der Waals surface area contributed by atoms with Crippen molar-refractivity contribution in [2.24, 2.45) is 0 Å². The predicted molar refractivity (Wildman–Crippen MR) is 168 cm³/mol. The van der Waals surface area contributed by atoms with Crippen LogP contribution in [0.4, 0.5) is 8.78 Å². The van der Waals surface area contributed by atoms with Gasteiger partial charge < -0.3 is 4.74 Å². The van der Waals surface area contributed by atoms with Crippen LogP contribution in [0.2, 0.25) is 0 Å². The minimum absolute atomic E-state index is 0.0453. The summed E-state index contributed by atoms with van der Waals surface area (Å²) in [6, 6.07) is 12.5. The molecule has 2 heterocycles. The van der Waals surface area contributed by atoms with Crippen molar-refractivity contribution in [1.82, 2.24) is 19.7 Å². The number of aromatic nitrogens is 4. The zero-order valence-corrected chi connectivity index (χ0v) is 28.2. The van der Waals surface area contributed by atoms with E-state index < -0.39 is 48.5 Å². The number of nitriles is 1. The maximum atomic E-state index is 15.9. The maximum Gasteiger partial charge on any atom is 0.477 e. The third-order valence-corrected chi connectivity index (χ3v) is 10.3. The fraction of sp³-hybridized carbons (Fsp3) is 0.438. The highest BCUT2D eigenvalue weighted by atomic mass is 32.1.